The molecule has 0 fully saturated rings. The van der Waals surface area contributed by atoms with Crippen molar-refractivity contribution in [2.24, 2.45) is 0 Å². The van der Waals surface area contributed by atoms with E-state index in [9.17, 15) is 14.7 Å². The first-order chi connectivity index (χ1) is 9.52. The van der Waals surface area contributed by atoms with E-state index >= 15 is 0 Å². The van der Waals surface area contributed by atoms with Crippen LogP contribution in [0.25, 0.3) is 0 Å². The zero-order chi connectivity index (χ0) is 14.7. The quantitative estimate of drug-likeness (QED) is 0.859. The molecule has 0 aliphatic carbocycles. The summed E-state index contributed by atoms with van der Waals surface area (Å²) in [4.78, 5) is 23.1. The summed E-state index contributed by atoms with van der Waals surface area (Å²) in [6.45, 7) is 1.58. The molecule has 2 aromatic heterocycles. The average molecular weight is 278 g/mol. The summed E-state index contributed by atoms with van der Waals surface area (Å²) in [5, 5.41) is 9.88. The molecule has 1 atom stereocenters. The second-order valence-corrected chi connectivity index (χ2v) is 4.28. The van der Waals surface area contributed by atoms with Gasteiger partial charge in [0.15, 0.2) is 5.76 Å². The van der Waals surface area contributed by atoms with Crippen LogP contribution in [0, 0.1) is 6.92 Å². The summed E-state index contributed by atoms with van der Waals surface area (Å²) in [5.74, 6) is -1.01. The maximum Gasteiger partial charge on any atom is 0.306 e. The maximum absolute atomic E-state index is 11.6. The number of hydrogen-bond donors (Lipinski definition) is 1. The molecule has 0 radical (unpaired) electrons. The molecule has 2 aromatic rings. The lowest BCUT2D eigenvalue weighted by Gasteiger charge is -2.14. The Morgan fingerprint density at radius 2 is 2.25 bits per heavy atom. The molecule has 0 aliphatic heterocycles. The predicted molar refractivity (Wildman–Crippen MR) is 68.6 cm³/mol. The van der Waals surface area contributed by atoms with Gasteiger partial charge in [-0.25, -0.2) is 0 Å². The summed E-state index contributed by atoms with van der Waals surface area (Å²) in [6.07, 6.45) is 1.33. The molecule has 106 valence electrons. The Bertz CT molecular complexity index is 653. The number of aromatic hydroxyl groups is 1. The molecule has 0 saturated carbocycles. The highest BCUT2D eigenvalue weighted by Crippen LogP contribution is 2.33. The molecule has 2 rings (SSSR count). The molecule has 2 heterocycles. The van der Waals surface area contributed by atoms with Crippen LogP contribution in [-0.4, -0.2) is 18.2 Å². The Kier molecular flexibility index (Phi) is 3.93. The smallest absolute Gasteiger partial charge is 0.306 e. The molecular formula is C14H14O6. The lowest BCUT2D eigenvalue weighted by molar-refractivity contribution is -0.141. The number of aryl methyl sites for hydroxylation is 1. The molecule has 0 saturated heterocycles. The van der Waals surface area contributed by atoms with Crippen LogP contribution in [0.4, 0.5) is 0 Å². The normalized spacial score (nSPS) is 12.1. The van der Waals surface area contributed by atoms with Gasteiger partial charge < -0.3 is 18.7 Å². The van der Waals surface area contributed by atoms with Crippen LogP contribution in [0.15, 0.2) is 38.1 Å². The number of carbonyl (C=O) groups excluding carboxylic acids is 1. The van der Waals surface area contributed by atoms with Crippen molar-refractivity contribution in [1.29, 1.82) is 0 Å². The van der Waals surface area contributed by atoms with Crippen molar-refractivity contribution < 1.29 is 23.5 Å². The third-order valence-electron chi connectivity index (χ3n) is 2.87. The summed E-state index contributed by atoms with van der Waals surface area (Å²) in [7, 11) is 1.26. The highest BCUT2D eigenvalue weighted by molar-refractivity contribution is 5.71. The minimum absolute atomic E-state index is 0.00431. The van der Waals surface area contributed by atoms with Gasteiger partial charge in [0.1, 0.15) is 11.5 Å². The number of methoxy groups -OCH3 is 1. The van der Waals surface area contributed by atoms with Crippen molar-refractivity contribution in [3.63, 3.8) is 0 Å². The number of rotatable bonds is 4. The number of carbonyl (C=O) groups is 1. The molecule has 20 heavy (non-hydrogen) atoms. The maximum atomic E-state index is 11.6. The fourth-order valence-electron chi connectivity index (χ4n) is 1.92. The molecule has 6 heteroatoms. The average Bonchev–Trinajstić information content (AvgIpc) is 2.94. The third kappa shape index (κ3) is 2.74. The fraction of sp³-hybridized carbons (Fsp3) is 0.286. The van der Waals surface area contributed by atoms with E-state index in [-0.39, 0.29) is 12.2 Å². The standard InChI is InChI=1S/C14H14O6/c1-8-6-10(15)13(17)14(20-8)9(7-12(16)18-2)11-4-3-5-19-11/h3-6,9,17H,7H2,1-2H3/t9-/m0/s1. The van der Waals surface area contributed by atoms with Gasteiger partial charge >= 0.3 is 5.97 Å². The molecule has 0 unspecified atom stereocenters. The summed E-state index contributed by atoms with van der Waals surface area (Å²) in [5.41, 5.74) is -0.565. The van der Waals surface area contributed by atoms with Crippen molar-refractivity contribution >= 4 is 5.97 Å². The predicted octanol–water partition coefficient (Wildman–Crippen LogP) is 1.94. The minimum Gasteiger partial charge on any atom is -0.502 e. The highest BCUT2D eigenvalue weighted by Gasteiger charge is 2.28. The number of hydrogen-bond acceptors (Lipinski definition) is 6. The van der Waals surface area contributed by atoms with Gasteiger partial charge in [0, 0.05) is 6.07 Å². The van der Waals surface area contributed by atoms with Crippen LogP contribution in [0.3, 0.4) is 0 Å². The highest BCUT2D eigenvalue weighted by atomic mass is 16.5. The summed E-state index contributed by atoms with van der Waals surface area (Å²) < 4.78 is 15.3. The van der Waals surface area contributed by atoms with Gasteiger partial charge in [-0.1, -0.05) is 0 Å². The van der Waals surface area contributed by atoms with Crippen LogP contribution in [0.2, 0.25) is 0 Å². The van der Waals surface area contributed by atoms with Gasteiger partial charge in [-0.2, -0.15) is 0 Å². The Morgan fingerprint density at radius 3 is 2.85 bits per heavy atom. The second kappa shape index (κ2) is 5.64. The Labute approximate surface area is 114 Å². The largest absolute Gasteiger partial charge is 0.502 e. The first-order valence-electron chi connectivity index (χ1n) is 5.96. The Balaban J connectivity index is 2.52. The van der Waals surface area contributed by atoms with Gasteiger partial charge in [0.25, 0.3) is 0 Å². The van der Waals surface area contributed by atoms with Gasteiger partial charge in [-0.3, -0.25) is 9.59 Å². The zero-order valence-corrected chi connectivity index (χ0v) is 11.1. The van der Waals surface area contributed by atoms with Gasteiger partial charge in [-0.15, -0.1) is 0 Å². The Hall–Kier alpha value is -2.50. The van der Waals surface area contributed by atoms with Crippen LogP contribution in [-0.2, 0) is 9.53 Å². The Morgan fingerprint density at radius 1 is 1.50 bits per heavy atom. The second-order valence-electron chi connectivity index (χ2n) is 4.28. The van der Waals surface area contributed by atoms with E-state index in [0.29, 0.717) is 11.5 Å². The number of esters is 1. The SMILES string of the molecule is COC(=O)C[C@@H](c1ccco1)c1oc(C)cc(=O)c1O. The van der Waals surface area contributed by atoms with E-state index in [1.807, 2.05) is 0 Å². The van der Waals surface area contributed by atoms with Crippen molar-refractivity contribution in [2.45, 2.75) is 19.3 Å². The summed E-state index contributed by atoms with van der Waals surface area (Å²) >= 11 is 0. The van der Waals surface area contributed by atoms with Crippen LogP contribution < -0.4 is 5.43 Å². The van der Waals surface area contributed by atoms with E-state index in [2.05, 4.69) is 4.74 Å². The molecule has 1 N–H and O–H groups in total. The van der Waals surface area contributed by atoms with Crippen LogP contribution in [0.5, 0.6) is 5.75 Å². The van der Waals surface area contributed by atoms with Crippen molar-refractivity contribution in [2.75, 3.05) is 7.11 Å². The minimum atomic E-state index is -0.718. The van der Waals surface area contributed by atoms with E-state index in [0.717, 1.165) is 0 Å². The molecule has 6 nitrogen and oxygen atoms in total. The molecule has 0 bridgehead atoms. The van der Waals surface area contributed by atoms with Gasteiger partial charge in [0.05, 0.1) is 25.7 Å². The molecule has 0 aliphatic rings. The lowest BCUT2D eigenvalue weighted by Crippen LogP contribution is -2.13. The number of ether oxygens (including phenoxy) is 1. The van der Waals surface area contributed by atoms with E-state index in [1.54, 1.807) is 19.1 Å². The first-order valence-corrected chi connectivity index (χ1v) is 5.96. The van der Waals surface area contributed by atoms with Gasteiger partial charge in [-0.05, 0) is 19.1 Å². The molecule has 0 spiro atoms. The molecular weight excluding hydrogens is 264 g/mol. The molecule has 0 aromatic carbocycles. The number of furan rings is 1. The lowest BCUT2D eigenvalue weighted by atomic mass is 9.98. The van der Waals surface area contributed by atoms with Crippen LogP contribution in [0.1, 0.15) is 29.6 Å². The fourth-order valence-corrected chi connectivity index (χ4v) is 1.92. The first kappa shape index (κ1) is 13.9. The molecule has 0 amide bonds. The summed E-state index contributed by atoms with van der Waals surface area (Å²) in [6, 6.07) is 4.45. The van der Waals surface area contributed by atoms with Crippen molar-refractivity contribution in [3.05, 3.63) is 52.0 Å². The van der Waals surface area contributed by atoms with E-state index in [1.165, 1.54) is 19.4 Å². The van der Waals surface area contributed by atoms with E-state index < -0.39 is 23.1 Å². The van der Waals surface area contributed by atoms with E-state index in [4.69, 9.17) is 8.83 Å². The van der Waals surface area contributed by atoms with Crippen molar-refractivity contribution in [3.8, 4) is 5.75 Å². The van der Waals surface area contributed by atoms with Crippen molar-refractivity contribution in [1.82, 2.24) is 0 Å². The van der Waals surface area contributed by atoms with Crippen LogP contribution >= 0.6 is 0 Å². The monoisotopic (exact) mass is 278 g/mol. The third-order valence-corrected chi connectivity index (χ3v) is 2.87. The van der Waals surface area contributed by atoms with Gasteiger partial charge in [0.2, 0.25) is 11.2 Å². The topological polar surface area (TPSA) is 89.9 Å². The zero-order valence-electron chi connectivity index (χ0n) is 11.1.